The Labute approximate surface area is 103 Å². The number of carbonyl (C=O) groups excluding carboxylic acids is 2. The second-order valence-corrected chi connectivity index (χ2v) is 5.32. The highest BCUT2D eigenvalue weighted by atomic mass is 16.2. The van der Waals surface area contributed by atoms with Crippen LogP contribution in [0.5, 0.6) is 0 Å². The lowest BCUT2D eigenvalue weighted by Gasteiger charge is -2.34. The lowest BCUT2D eigenvalue weighted by molar-refractivity contribution is -0.138. The summed E-state index contributed by atoms with van der Waals surface area (Å²) in [5.74, 6) is 1.28. The molecule has 2 rings (SSSR count). The maximum Gasteiger partial charge on any atom is 0.225 e. The summed E-state index contributed by atoms with van der Waals surface area (Å²) >= 11 is 0. The van der Waals surface area contributed by atoms with Crippen molar-refractivity contribution in [3.63, 3.8) is 0 Å². The highest BCUT2D eigenvalue weighted by Gasteiger charge is 2.30. The Morgan fingerprint density at radius 2 is 1.76 bits per heavy atom. The fourth-order valence-corrected chi connectivity index (χ4v) is 2.83. The van der Waals surface area contributed by atoms with Crippen LogP contribution in [-0.2, 0) is 9.59 Å². The van der Waals surface area contributed by atoms with Gasteiger partial charge >= 0.3 is 0 Å². The number of nitrogens with zero attached hydrogens (tertiary/aromatic N) is 1. The smallest absolute Gasteiger partial charge is 0.225 e. The number of hydrogen-bond donors (Lipinski definition) is 1. The van der Waals surface area contributed by atoms with Crippen molar-refractivity contribution in [3.05, 3.63) is 0 Å². The maximum atomic E-state index is 12.2. The van der Waals surface area contributed by atoms with Gasteiger partial charge in [-0.1, -0.05) is 0 Å². The quantitative estimate of drug-likeness (QED) is 0.779. The summed E-state index contributed by atoms with van der Waals surface area (Å²) in [7, 11) is 0. The topological polar surface area (TPSA) is 63.4 Å². The van der Waals surface area contributed by atoms with Gasteiger partial charge in [0.15, 0.2) is 0 Å². The van der Waals surface area contributed by atoms with Gasteiger partial charge in [-0.15, -0.1) is 0 Å². The van der Waals surface area contributed by atoms with Crippen molar-refractivity contribution in [1.82, 2.24) is 4.90 Å². The molecule has 2 fully saturated rings. The third-order valence-corrected chi connectivity index (χ3v) is 4.15. The molecular weight excluding hydrogens is 216 g/mol. The van der Waals surface area contributed by atoms with Crippen LogP contribution in [0.25, 0.3) is 0 Å². The molecule has 0 aromatic carbocycles. The first-order valence-electron chi connectivity index (χ1n) is 6.71. The molecule has 0 radical (unpaired) electrons. The van der Waals surface area contributed by atoms with Gasteiger partial charge in [0.2, 0.25) is 5.91 Å². The van der Waals surface area contributed by atoms with E-state index in [-0.39, 0.29) is 11.8 Å². The number of Topliss-reactive ketones (excluding diaryl/α,β-unsaturated/α-hetero) is 1. The standard InChI is InChI=1S/C13H22N2O2/c14-9-10-5-7-15(8-6-10)13(17)11-1-3-12(16)4-2-11/h10-11H,1-9,14H2. The first-order chi connectivity index (χ1) is 8.20. The molecule has 2 N–H and O–H groups in total. The van der Waals surface area contributed by atoms with Crippen LogP contribution in [0.4, 0.5) is 0 Å². The fourth-order valence-electron chi connectivity index (χ4n) is 2.83. The van der Waals surface area contributed by atoms with Crippen LogP contribution in [0.1, 0.15) is 38.5 Å². The molecular formula is C13H22N2O2. The van der Waals surface area contributed by atoms with E-state index in [4.69, 9.17) is 5.73 Å². The van der Waals surface area contributed by atoms with E-state index in [1.165, 1.54) is 0 Å². The number of likely N-dealkylation sites (tertiary alicyclic amines) is 1. The monoisotopic (exact) mass is 238 g/mol. The second kappa shape index (κ2) is 5.63. The van der Waals surface area contributed by atoms with E-state index in [0.29, 0.717) is 24.5 Å². The normalized spacial score (nSPS) is 24.1. The molecule has 0 spiro atoms. The molecule has 2 aliphatic rings. The summed E-state index contributed by atoms with van der Waals surface area (Å²) in [5, 5.41) is 0. The van der Waals surface area contributed by atoms with E-state index >= 15 is 0 Å². The first kappa shape index (κ1) is 12.6. The molecule has 1 aliphatic heterocycles. The Balaban J connectivity index is 1.82. The third-order valence-electron chi connectivity index (χ3n) is 4.15. The molecule has 4 nitrogen and oxygen atoms in total. The second-order valence-electron chi connectivity index (χ2n) is 5.32. The van der Waals surface area contributed by atoms with Gasteiger partial charge in [0.25, 0.3) is 0 Å². The van der Waals surface area contributed by atoms with Gasteiger partial charge in [-0.2, -0.15) is 0 Å². The van der Waals surface area contributed by atoms with Crippen molar-refractivity contribution in [3.8, 4) is 0 Å². The van der Waals surface area contributed by atoms with Crippen LogP contribution in [0, 0.1) is 11.8 Å². The van der Waals surface area contributed by atoms with E-state index in [0.717, 1.165) is 45.3 Å². The van der Waals surface area contributed by atoms with E-state index in [1.807, 2.05) is 4.90 Å². The molecule has 0 aromatic heterocycles. The molecule has 1 saturated carbocycles. The SMILES string of the molecule is NCC1CCN(C(=O)C2CCC(=O)CC2)CC1. The fraction of sp³-hybridized carbons (Fsp3) is 0.846. The highest BCUT2D eigenvalue weighted by molar-refractivity contribution is 5.84. The Hall–Kier alpha value is -0.900. The highest BCUT2D eigenvalue weighted by Crippen LogP contribution is 2.25. The summed E-state index contributed by atoms with van der Waals surface area (Å²) < 4.78 is 0. The van der Waals surface area contributed by atoms with Gasteiger partial charge < -0.3 is 10.6 Å². The predicted octanol–water partition coefficient (Wildman–Crippen LogP) is 0.943. The molecule has 17 heavy (non-hydrogen) atoms. The maximum absolute atomic E-state index is 12.2. The van der Waals surface area contributed by atoms with Gasteiger partial charge in [0.05, 0.1) is 0 Å². The van der Waals surface area contributed by atoms with Crippen LogP contribution >= 0.6 is 0 Å². The Morgan fingerprint density at radius 3 is 2.29 bits per heavy atom. The zero-order valence-corrected chi connectivity index (χ0v) is 10.4. The minimum Gasteiger partial charge on any atom is -0.342 e. The molecule has 1 saturated heterocycles. The molecule has 0 unspecified atom stereocenters. The number of hydrogen-bond acceptors (Lipinski definition) is 3. The average Bonchev–Trinajstić information content (AvgIpc) is 2.39. The van der Waals surface area contributed by atoms with Crippen LogP contribution in [-0.4, -0.2) is 36.2 Å². The van der Waals surface area contributed by atoms with Crippen molar-refractivity contribution in [1.29, 1.82) is 0 Å². The zero-order valence-electron chi connectivity index (χ0n) is 10.4. The van der Waals surface area contributed by atoms with Crippen molar-refractivity contribution in [2.24, 2.45) is 17.6 Å². The van der Waals surface area contributed by atoms with Gasteiger partial charge in [0, 0.05) is 31.8 Å². The minimum absolute atomic E-state index is 0.0992. The number of rotatable bonds is 2. The number of piperidine rings is 1. The van der Waals surface area contributed by atoms with E-state index in [9.17, 15) is 9.59 Å². The Bertz CT molecular complexity index is 286. The Morgan fingerprint density at radius 1 is 1.18 bits per heavy atom. The molecule has 0 atom stereocenters. The Kier molecular flexibility index (Phi) is 4.15. The van der Waals surface area contributed by atoms with E-state index in [1.54, 1.807) is 0 Å². The summed E-state index contributed by atoms with van der Waals surface area (Å²) in [6, 6.07) is 0. The average molecular weight is 238 g/mol. The largest absolute Gasteiger partial charge is 0.342 e. The van der Waals surface area contributed by atoms with Gasteiger partial charge in [-0.25, -0.2) is 0 Å². The molecule has 1 aliphatic carbocycles. The molecule has 1 amide bonds. The van der Waals surface area contributed by atoms with Crippen molar-refractivity contribution >= 4 is 11.7 Å². The molecule has 96 valence electrons. The third kappa shape index (κ3) is 3.06. The number of amides is 1. The zero-order chi connectivity index (χ0) is 12.3. The molecule has 0 aromatic rings. The summed E-state index contributed by atoms with van der Waals surface area (Å²) in [6.07, 6.45) is 4.77. The minimum atomic E-state index is 0.0992. The molecule has 1 heterocycles. The summed E-state index contributed by atoms with van der Waals surface area (Å²) in [5.41, 5.74) is 5.64. The molecule has 4 heteroatoms. The number of carbonyl (C=O) groups is 2. The van der Waals surface area contributed by atoms with Crippen molar-refractivity contribution in [2.75, 3.05) is 19.6 Å². The van der Waals surface area contributed by atoms with Crippen molar-refractivity contribution < 1.29 is 9.59 Å². The van der Waals surface area contributed by atoms with E-state index in [2.05, 4.69) is 0 Å². The van der Waals surface area contributed by atoms with Gasteiger partial charge in [0.1, 0.15) is 5.78 Å². The van der Waals surface area contributed by atoms with Gasteiger partial charge in [-0.3, -0.25) is 9.59 Å². The van der Waals surface area contributed by atoms with Crippen LogP contribution in [0.3, 0.4) is 0 Å². The summed E-state index contributed by atoms with van der Waals surface area (Å²) in [4.78, 5) is 25.4. The lowest BCUT2D eigenvalue weighted by atomic mass is 9.86. The predicted molar refractivity (Wildman–Crippen MR) is 65.3 cm³/mol. The molecule has 0 bridgehead atoms. The first-order valence-corrected chi connectivity index (χ1v) is 6.71. The van der Waals surface area contributed by atoms with Crippen LogP contribution in [0.15, 0.2) is 0 Å². The number of nitrogens with two attached hydrogens (primary N) is 1. The van der Waals surface area contributed by atoms with Crippen LogP contribution < -0.4 is 5.73 Å². The van der Waals surface area contributed by atoms with Crippen LogP contribution in [0.2, 0.25) is 0 Å². The lowest BCUT2D eigenvalue weighted by Crippen LogP contribution is -2.43. The number of ketones is 1. The van der Waals surface area contributed by atoms with E-state index < -0.39 is 0 Å². The van der Waals surface area contributed by atoms with Crippen molar-refractivity contribution in [2.45, 2.75) is 38.5 Å². The summed E-state index contributed by atoms with van der Waals surface area (Å²) in [6.45, 7) is 2.44. The van der Waals surface area contributed by atoms with Gasteiger partial charge in [-0.05, 0) is 38.1 Å².